The van der Waals surface area contributed by atoms with Crippen LogP contribution in [0.4, 0.5) is 17.1 Å². The number of hydrogen-bond acceptors (Lipinski definition) is 1. The van der Waals surface area contributed by atoms with Gasteiger partial charge >= 0.3 is 0 Å². The van der Waals surface area contributed by atoms with Gasteiger partial charge in [0.05, 0.1) is 5.69 Å². The molecule has 2 heteroatoms. The highest BCUT2D eigenvalue weighted by atomic mass is 79.9. The summed E-state index contributed by atoms with van der Waals surface area (Å²) < 4.78 is 1.11. The predicted molar refractivity (Wildman–Crippen MR) is 91.6 cm³/mol. The molecule has 1 aliphatic rings. The molecule has 3 aromatic rings. The molecule has 3 aromatic carbocycles. The van der Waals surface area contributed by atoms with E-state index in [0.717, 1.165) is 10.9 Å². The molecule has 1 nitrogen and oxygen atoms in total. The summed E-state index contributed by atoms with van der Waals surface area (Å²) in [6.07, 6.45) is 0.988. The number of para-hydroxylation sites is 2. The first kappa shape index (κ1) is 12.7. The van der Waals surface area contributed by atoms with E-state index in [-0.39, 0.29) is 0 Å². The van der Waals surface area contributed by atoms with Crippen LogP contribution >= 0.6 is 15.9 Å². The number of anilines is 3. The number of benzene rings is 3. The molecule has 0 saturated heterocycles. The molecular formula is C19H14BrN. The van der Waals surface area contributed by atoms with Gasteiger partial charge in [0.15, 0.2) is 0 Å². The Labute approximate surface area is 133 Å². The molecule has 0 radical (unpaired) electrons. The second kappa shape index (κ2) is 5.05. The monoisotopic (exact) mass is 335 g/mol. The molecule has 0 aliphatic carbocycles. The molecule has 0 unspecified atom stereocenters. The third kappa shape index (κ3) is 2.16. The van der Waals surface area contributed by atoms with Crippen LogP contribution in [0.2, 0.25) is 0 Å². The molecule has 0 fully saturated rings. The maximum atomic E-state index is 3.60. The number of fused-ring (bicyclic) bond motifs is 2. The van der Waals surface area contributed by atoms with Crippen LogP contribution in [-0.2, 0) is 6.42 Å². The fraction of sp³-hybridized carbons (Fsp3) is 0.0526. The van der Waals surface area contributed by atoms with Gasteiger partial charge in [-0.15, -0.1) is 0 Å². The first-order valence-corrected chi connectivity index (χ1v) is 7.84. The molecule has 0 N–H and O–H groups in total. The average Bonchev–Trinajstić information content (AvgIpc) is 2.53. The normalized spacial score (nSPS) is 12.7. The molecule has 1 aliphatic heterocycles. The lowest BCUT2D eigenvalue weighted by Crippen LogP contribution is -2.18. The summed E-state index contributed by atoms with van der Waals surface area (Å²) >= 11 is 3.60. The molecule has 0 atom stereocenters. The molecule has 0 aromatic heterocycles. The quantitative estimate of drug-likeness (QED) is 0.423. The van der Waals surface area contributed by atoms with Crippen molar-refractivity contribution in [1.29, 1.82) is 0 Å². The van der Waals surface area contributed by atoms with Gasteiger partial charge in [0.2, 0.25) is 0 Å². The molecule has 0 spiro atoms. The van der Waals surface area contributed by atoms with E-state index >= 15 is 0 Å². The fourth-order valence-corrected chi connectivity index (χ4v) is 3.31. The summed E-state index contributed by atoms with van der Waals surface area (Å²) in [6, 6.07) is 25.7. The van der Waals surface area contributed by atoms with Gasteiger partial charge in [-0.2, -0.15) is 0 Å². The van der Waals surface area contributed by atoms with Crippen molar-refractivity contribution >= 4 is 33.0 Å². The summed E-state index contributed by atoms with van der Waals surface area (Å²) in [5.41, 5.74) is 6.46. The number of nitrogens with zero attached hydrogens (tertiary/aromatic N) is 1. The minimum Gasteiger partial charge on any atom is -0.310 e. The summed E-state index contributed by atoms with van der Waals surface area (Å²) in [5.74, 6) is 0. The van der Waals surface area contributed by atoms with Gasteiger partial charge in [-0.1, -0.05) is 58.4 Å². The first-order valence-electron chi connectivity index (χ1n) is 7.04. The van der Waals surface area contributed by atoms with Crippen LogP contribution in [-0.4, -0.2) is 0 Å². The Bertz CT molecular complexity index is 796. The SMILES string of the molecule is Brc1ccc2c(c1)N(c1ccccc1)c1ccccc1C2. The van der Waals surface area contributed by atoms with E-state index < -0.39 is 0 Å². The Morgan fingerprint density at radius 3 is 2.29 bits per heavy atom. The van der Waals surface area contributed by atoms with Crippen molar-refractivity contribution in [2.24, 2.45) is 0 Å². The van der Waals surface area contributed by atoms with Gasteiger partial charge in [-0.3, -0.25) is 0 Å². The Kier molecular flexibility index (Phi) is 3.04. The zero-order chi connectivity index (χ0) is 14.2. The lowest BCUT2D eigenvalue weighted by molar-refractivity contribution is 1.09. The highest BCUT2D eigenvalue weighted by Gasteiger charge is 2.23. The van der Waals surface area contributed by atoms with Crippen LogP contribution in [0, 0.1) is 0 Å². The van der Waals surface area contributed by atoms with Crippen LogP contribution in [0.1, 0.15) is 11.1 Å². The summed E-state index contributed by atoms with van der Waals surface area (Å²) in [7, 11) is 0. The summed E-state index contributed by atoms with van der Waals surface area (Å²) in [6.45, 7) is 0. The number of halogens is 1. The Hall–Kier alpha value is -2.06. The average molecular weight is 336 g/mol. The maximum Gasteiger partial charge on any atom is 0.0508 e. The minimum atomic E-state index is 0.988. The van der Waals surface area contributed by atoms with Crippen LogP contribution in [0.25, 0.3) is 0 Å². The highest BCUT2D eigenvalue weighted by molar-refractivity contribution is 9.10. The van der Waals surface area contributed by atoms with Crippen LogP contribution in [0.5, 0.6) is 0 Å². The molecule has 0 amide bonds. The van der Waals surface area contributed by atoms with Crippen LogP contribution in [0.15, 0.2) is 77.3 Å². The third-order valence-electron chi connectivity index (χ3n) is 3.92. The zero-order valence-corrected chi connectivity index (χ0v) is 13.0. The van der Waals surface area contributed by atoms with Crippen molar-refractivity contribution in [1.82, 2.24) is 0 Å². The smallest absolute Gasteiger partial charge is 0.0508 e. The van der Waals surface area contributed by atoms with E-state index in [1.54, 1.807) is 0 Å². The van der Waals surface area contributed by atoms with Crippen molar-refractivity contribution in [3.63, 3.8) is 0 Å². The van der Waals surface area contributed by atoms with E-state index in [9.17, 15) is 0 Å². The molecule has 102 valence electrons. The lowest BCUT2D eigenvalue weighted by atomic mass is 9.95. The van der Waals surface area contributed by atoms with E-state index in [1.165, 1.54) is 28.2 Å². The van der Waals surface area contributed by atoms with Crippen LogP contribution in [0.3, 0.4) is 0 Å². The standard InChI is InChI=1S/C19H14BrN/c20-16-11-10-15-12-14-6-4-5-9-18(14)21(19(15)13-16)17-7-2-1-3-8-17/h1-11,13H,12H2. The van der Waals surface area contributed by atoms with Gasteiger partial charge in [-0.05, 0) is 41.5 Å². The number of rotatable bonds is 1. The molecule has 0 saturated carbocycles. The second-order valence-corrected chi connectivity index (χ2v) is 6.17. The van der Waals surface area contributed by atoms with Crippen molar-refractivity contribution in [3.8, 4) is 0 Å². The number of hydrogen-bond donors (Lipinski definition) is 0. The molecule has 4 rings (SSSR count). The maximum absolute atomic E-state index is 3.60. The van der Waals surface area contributed by atoms with E-state index in [0.29, 0.717) is 0 Å². The molecule has 21 heavy (non-hydrogen) atoms. The molecule has 0 bridgehead atoms. The summed E-state index contributed by atoms with van der Waals surface area (Å²) in [4.78, 5) is 2.35. The van der Waals surface area contributed by atoms with Gasteiger partial charge < -0.3 is 4.90 Å². The topological polar surface area (TPSA) is 3.24 Å². The zero-order valence-electron chi connectivity index (χ0n) is 11.5. The van der Waals surface area contributed by atoms with Gasteiger partial charge in [0, 0.05) is 22.3 Å². The molecule has 1 heterocycles. The van der Waals surface area contributed by atoms with E-state index in [2.05, 4.69) is 93.6 Å². The predicted octanol–water partition coefficient (Wildman–Crippen LogP) is 5.82. The minimum absolute atomic E-state index is 0.988. The van der Waals surface area contributed by atoms with Crippen LogP contribution < -0.4 is 4.90 Å². The Morgan fingerprint density at radius 1 is 0.714 bits per heavy atom. The van der Waals surface area contributed by atoms with Gasteiger partial charge in [0.1, 0.15) is 0 Å². The van der Waals surface area contributed by atoms with Gasteiger partial charge in [0.25, 0.3) is 0 Å². The largest absolute Gasteiger partial charge is 0.310 e. The first-order chi connectivity index (χ1) is 10.3. The second-order valence-electron chi connectivity index (χ2n) is 5.25. The van der Waals surface area contributed by atoms with E-state index in [1.807, 2.05) is 0 Å². The third-order valence-corrected chi connectivity index (χ3v) is 4.41. The Morgan fingerprint density at radius 2 is 1.43 bits per heavy atom. The van der Waals surface area contributed by atoms with Gasteiger partial charge in [-0.25, -0.2) is 0 Å². The Balaban J connectivity index is 1.98. The van der Waals surface area contributed by atoms with Crippen molar-refractivity contribution in [2.45, 2.75) is 6.42 Å². The van der Waals surface area contributed by atoms with Crippen molar-refractivity contribution in [3.05, 3.63) is 88.4 Å². The highest BCUT2D eigenvalue weighted by Crippen LogP contribution is 2.44. The molecular weight excluding hydrogens is 322 g/mol. The van der Waals surface area contributed by atoms with Crippen molar-refractivity contribution in [2.75, 3.05) is 4.90 Å². The van der Waals surface area contributed by atoms with E-state index in [4.69, 9.17) is 0 Å². The summed E-state index contributed by atoms with van der Waals surface area (Å²) in [5, 5.41) is 0. The van der Waals surface area contributed by atoms with Crippen molar-refractivity contribution < 1.29 is 0 Å². The lowest BCUT2D eigenvalue weighted by Gasteiger charge is -2.33. The fourth-order valence-electron chi connectivity index (χ4n) is 2.96.